The summed E-state index contributed by atoms with van der Waals surface area (Å²) < 4.78 is 0. The standard InChI is InChI=1S/C17H25Br/c1-14-8-7-9-15(12-14)13-17(18)16-10-5-3-2-4-6-11-16/h7-9,12,16-17H,2-6,10-11,13H2,1H3. The quantitative estimate of drug-likeness (QED) is 0.632. The van der Waals surface area contributed by atoms with Crippen molar-refractivity contribution in [2.75, 3.05) is 0 Å². The summed E-state index contributed by atoms with van der Waals surface area (Å²) in [6.07, 6.45) is 11.2. The van der Waals surface area contributed by atoms with Crippen LogP contribution in [-0.2, 0) is 6.42 Å². The molecule has 1 aliphatic carbocycles. The Morgan fingerprint density at radius 2 is 1.78 bits per heavy atom. The molecule has 1 saturated carbocycles. The van der Waals surface area contributed by atoms with Gasteiger partial charge in [-0.25, -0.2) is 0 Å². The first-order valence-electron chi connectivity index (χ1n) is 7.45. The number of benzene rings is 1. The van der Waals surface area contributed by atoms with Crippen LogP contribution in [0.5, 0.6) is 0 Å². The summed E-state index contributed by atoms with van der Waals surface area (Å²) in [4.78, 5) is 0.664. The summed E-state index contributed by atoms with van der Waals surface area (Å²) in [5.41, 5.74) is 2.86. The molecule has 0 aliphatic heterocycles. The predicted molar refractivity (Wildman–Crippen MR) is 83.4 cm³/mol. The summed E-state index contributed by atoms with van der Waals surface area (Å²) in [6, 6.07) is 8.96. The van der Waals surface area contributed by atoms with E-state index in [1.54, 1.807) is 0 Å². The highest BCUT2D eigenvalue weighted by atomic mass is 79.9. The minimum absolute atomic E-state index is 0.664. The molecule has 1 aromatic rings. The van der Waals surface area contributed by atoms with Crippen molar-refractivity contribution in [1.29, 1.82) is 0 Å². The number of hydrogen-bond acceptors (Lipinski definition) is 0. The van der Waals surface area contributed by atoms with Gasteiger partial charge in [-0.3, -0.25) is 0 Å². The van der Waals surface area contributed by atoms with Gasteiger partial charge >= 0.3 is 0 Å². The molecular formula is C17H25Br. The third-order valence-electron chi connectivity index (χ3n) is 4.17. The van der Waals surface area contributed by atoms with Crippen LogP contribution < -0.4 is 0 Å². The largest absolute Gasteiger partial charge is 0.0884 e. The lowest BCUT2D eigenvalue weighted by molar-refractivity contribution is 0.370. The van der Waals surface area contributed by atoms with Gasteiger partial charge in [0.05, 0.1) is 0 Å². The second-order valence-corrected chi connectivity index (χ2v) is 6.99. The molecule has 0 amide bonds. The Labute approximate surface area is 120 Å². The van der Waals surface area contributed by atoms with E-state index in [4.69, 9.17) is 0 Å². The van der Waals surface area contributed by atoms with Gasteiger partial charge in [-0.05, 0) is 37.7 Å². The molecule has 0 heterocycles. The van der Waals surface area contributed by atoms with Gasteiger partial charge in [-0.15, -0.1) is 0 Å². The monoisotopic (exact) mass is 308 g/mol. The molecule has 1 fully saturated rings. The van der Waals surface area contributed by atoms with E-state index in [0.29, 0.717) is 4.83 Å². The first kappa shape index (κ1) is 14.1. The van der Waals surface area contributed by atoms with E-state index in [-0.39, 0.29) is 0 Å². The van der Waals surface area contributed by atoms with Gasteiger partial charge in [0.2, 0.25) is 0 Å². The van der Waals surface area contributed by atoms with E-state index in [1.165, 1.54) is 62.5 Å². The highest BCUT2D eigenvalue weighted by molar-refractivity contribution is 9.09. The number of aryl methyl sites for hydroxylation is 1. The Balaban J connectivity index is 1.91. The smallest absolute Gasteiger partial charge is 0.0214 e. The van der Waals surface area contributed by atoms with Gasteiger partial charge in [0.1, 0.15) is 0 Å². The lowest BCUT2D eigenvalue weighted by Crippen LogP contribution is -2.18. The van der Waals surface area contributed by atoms with Crippen LogP contribution in [0.15, 0.2) is 24.3 Å². The van der Waals surface area contributed by atoms with E-state index < -0.39 is 0 Å². The minimum Gasteiger partial charge on any atom is -0.0884 e. The SMILES string of the molecule is Cc1cccc(CC(Br)C2CCCCCCC2)c1. The molecule has 1 aromatic carbocycles. The second-order valence-electron chi connectivity index (χ2n) is 5.81. The Hall–Kier alpha value is -0.300. The summed E-state index contributed by atoms with van der Waals surface area (Å²) in [5.74, 6) is 0.880. The molecule has 0 saturated heterocycles. The lowest BCUT2D eigenvalue weighted by atomic mass is 9.87. The van der Waals surface area contributed by atoms with Gasteiger partial charge < -0.3 is 0 Å². The highest BCUT2D eigenvalue weighted by Gasteiger charge is 2.19. The third-order valence-corrected chi connectivity index (χ3v) is 5.25. The first-order valence-corrected chi connectivity index (χ1v) is 8.37. The summed E-state index contributed by atoms with van der Waals surface area (Å²) >= 11 is 3.96. The molecule has 1 atom stereocenters. The zero-order valence-electron chi connectivity index (χ0n) is 11.5. The fourth-order valence-corrected chi connectivity index (χ4v) is 3.98. The van der Waals surface area contributed by atoms with Crippen LogP contribution in [0, 0.1) is 12.8 Å². The van der Waals surface area contributed by atoms with Crippen LogP contribution in [0.1, 0.15) is 56.1 Å². The van der Waals surface area contributed by atoms with E-state index >= 15 is 0 Å². The van der Waals surface area contributed by atoms with Gasteiger partial charge in [0.15, 0.2) is 0 Å². The molecular weight excluding hydrogens is 284 g/mol. The molecule has 0 bridgehead atoms. The third kappa shape index (κ3) is 4.42. The van der Waals surface area contributed by atoms with Gasteiger partial charge in [-0.1, -0.05) is 77.9 Å². The predicted octanol–water partition coefficient (Wildman–Crippen LogP) is 5.66. The van der Waals surface area contributed by atoms with Crippen LogP contribution in [0.4, 0.5) is 0 Å². The van der Waals surface area contributed by atoms with Crippen molar-refractivity contribution < 1.29 is 0 Å². The second kappa shape index (κ2) is 7.33. The topological polar surface area (TPSA) is 0 Å². The Morgan fingerprint density at radius 3 is 2.44 bits per heavy atom. The maximum atomic E-state index is 3.96. The van der Waals surface area contributed by atoms with Crippen LogP contribution in [-0.4, -0.2) is 4.83 Å². The van der Waals surface area contributed by atoms with Gasteiger partial charge in [-0.2, -0.15) is 0 Å². The molecule has 0 nitrogen and oxygen atoms in total. The average Bonchev–Trinajstić information content (AvgIpc) is 2.28. The zero-order chi connectivity index (χ0) is 12.8. The summed E-state index contributed by atoms with van der Waals surface area (Å²) in [7, 11) is 0. The molecule has 0 radical (unpaired) electrons. The zero-order valence-corrected chi connectivity index (χ0v) is 13.1. The Morgan fingerprint density at radius 1 is 1.11 bits per heavy atom. The van der Waals surface area contributed by atoms with E-state index in [0.717, 1.165) is 5.92 Å². The molecule has 0 N–H and O–H groups in total. The van der Waals surface area contributed by atoms with E-state index in [2.05, 4.69) is 47.1 Å². The maximum absolute atomic E-state index is 3.96. The average molecular weight is 309 g/mol. The van der Waals surface area contributed by atoms with Crippen molar-refractivity contribution in [3.05, 3.63) is 35.4 Å². The Kier molecular flexibility index (Phi) is 5.75. The molecule has 1 heteroatoms. The fraction of sp³-hybridized carbons (Fsp3) is 0.647. The normalized spacial score (nSPS) is 20.1. The van der Waals surface area contributed by atoms with E-state index in [9.17, 15) is 0 Å². The number of alkyl halides is 1. The van der Waals surface area contributed by atoms with Gasteiger partial charge in [0, 0.05) is 4.83 Å². The van der Waals surface area contributed by atoms with Crippen molar-refractivity contribution in [3.8, 4) is 0 Å². The summed E-state index contributed by atoms with van der Waals surface area (Å²) in [6.45, 7) is 2.18. The molecule has 1 unspecified atom stereocenters. The summed E-state index contributed by atoms with van der Waals surface area (Å²) in [5, 5.41) is 0. The molecule has 18 heavy (non-hydrogen) atoms. The van der Waals surface area contributed by atoms with Gasteiger partial charge in [0.25, 0.3) is 0 Å². The number of rotatable bonds is 3. The van der Waals surface area contributed by atoms with Crippen molar-refractivity contribution in [2.45, 2.75) is 63.1 Å². The number of hydrogen-bond donors (Lipinski definition) is 0. The van der Waals surface area contributed by atoms with Crippen molar-refractivity contribution >= 4 is 15.9 Å². The van der Waals surface area contributed by atoms with Crippen LogP contribution >= 0.6 is 15.9 Å². The highest BCUT2D eigenvalue weighted by Crippen LogP contribution is 2.30. The first-order chi connectivity index (χ1) is 8.75. The molecule has 0 spiro atoms. The van der Waals surface area contributed by atoms with Crippen LogP contribution in [0.2, 0.25) is 0 Å². The van der Waals surface area contributed by atoms with Crippen LogP contribution in [0.25, 0.3) is 0 Å². The lowest BCUT2D eigenvalue weighted by Gasteiger charge is -2.24. The van der Waals surface area contributed by atoms with Crippen molar-refractivity contribution in [3.63, 3.8) is 0 Å². The minimum atomic E-state index is 0.664. The van der Waals surface area contributed by atoms with Crippen molar-refractivity contribution in [1.82, 2.24) is 0 Å². The maximum Gasteiger partial charge on any atom is 0.0214 e. The van der Waals surface area contributed by atoms with Crippen LogP contribution in [0.3, 0.4) is 0 Å². The number of halogens is 1. The molecule has 1 aliphatic rings. The van der Waals surface area contributed by atoms with E-state index in [1.807, 2.05) is 0 Å². The molecule has 0 aromatic heterocycles. The van der Waals surface area contributed by atoms with Crippen molar-refractivity contribution in [2.24, 2.45) is 5.92 Å². The molecule has 2 rings (SSSR count). The molecule has 100 valence electrons. The Bertz CT molecular complexity index is 350. The fourth-order valence-electron chi connectivity index (χ4n) is 3.08.